The molecule has 1 heterocycles. The number of rotatable bonds is 2. The van der Waals surface area contributed by atoms with E-state index in [4.69, 9.17) is 23.2 Å². The first-order valence-corrected chi connectivity index (χ1v) is 6.87. The van der Waals surface area contributed by atoms with E-state index in [0.717, 1.165) is 13.1 Å². The standard InChI is InChI=1S/C14H19Cl2N/c1-10(2)17-7-6-14(3,9-17)11-4-5-12(15)13(16)8-11/h4-5,8,10H,6-7,9H2,1-3H3/t14-/m1/s1. The first kappa shape index (κ1) is 13.2. The first-order valence-electron chi connectivity index (χ1n) is 6.12. The van der Waals surface area contributed by atoms with Crippen molar-refractivity contribution in [3.05, 3.63) is 33.8 Å². The summed E-state index contributed by atoms with van der Waals surface area (Å²) in [5.41, 5.74) is 1.51. The van der Waals surface area contributed by atoms with Gasteiger partial charge in [-0.15, -0.1) is 0 Å². The highest BCUT2D eigenvalue weighted by molar-refractivity contribution is 6.42. The molecule has 17 heavy (non-hydrogen) atoms. The number of benzene rings is 1. The highest BCUT2D eigenvalue weighted by atomic mass is 35.5. The van der Waals surface area contributed by atoms with Crippen molar-refractivity contribution >= 4 is 23.2 Å². The van der Waals surface area contributed by atoms with Gasteiger partial charge in [-0.1, -0.05) is 36.2 Å². The Morgan fingerprint density at radius 2 is 1.94 bits per heavy atom. The molecule has 1 aromatic carbocycles. The molecule has 1 aliphatic rings. The second-order valence-corrected chi connectivity index (χ2v) is 6.32. The van der Waals surface area contributed by atoms with Crippen LogP contribution in [0.3, 0.4) is 0 Å². The van der Waals surface area contributed by atoms with Gasteiger partial charge in [0.2, 0.25) is 0 Å². The van der Waals surface area contributed by atoms with Gasteiger partial charge < -0.3 is 4.90 Å². The van der Waals surface area contributed by atoms with Crippen molar-refractivity contribution in [2.24, 2.45) is 0 Å². The summed E-state index contributed by atoms with van der Waals surface area (Å²) < 4.78 is 0. The second kappa shape index (κ2) is 4.79. The monoisotopic (exact) mass is 271 g/mol. The Balaban J connectivity index is 2.24. The smallest absolute Gasteiger partial charge is 0.0595 e. The van der Waals surface area contributed by atoms with Crippen molar-refractivity contribution < 1.29 is 0 Å². The molecule has 94 valence electrons. The fraction of sp³-hybridized carbons (Fsp3) is 0.571. The third-order valence-electron chi connectivity index (χ3n) is 3.85. The van der Waals surface area contributed by atoms with Crippen LogP contribution in [0.4, 0.5) is 0 Å². The van der Waals surface area contributed by atoms with Crippen LogP contribution >= 0.6 is 23.2 Å². The molecule has 0 saturated carbocycles. The Morgan fingerprint density at radius 1 is 1.24 bits per heavy atom. The first-order chi connectivity index (χ1) is 7.92. The molecule has 1 nitrogen and oxygen atoms in total. The van der Waals surface area contributed by atoms with E-state index < -0.39 is 0 Å². The minimum Gasteiger partial charge on any atom is -0.300 e. The fourth-order valence-corrected chi connectivity index (χ4v) is 2.84. The summed E-state index contributed by atoms with van der Waals surface area (Å²) in [6.07, 6.45) is 1.18. The molecule has 0 amide bonds. The van der Waals surface area contributed by atoms with E-state index in [0.29, 0.717) is 16.1 Å². The topological polar surface area (TPSA) is 3.24 Å². The van der Waals surface area contributed by atoms with Crippen LogP contribution < -0.4 is 0 Å². The predicted molar refractivity (Wildman–Crippen MR) is 75.1 cm³/mol. The summed E-state index contributed by atoms with van der Waals surface area (Å²) >= 11 is 12.1. The van der Waals surface area contributed by atoms with E-state index in [1.807, 2.05) is 12.1 Å². The van der Waals surface area contributed by atoms with Gasteiger partial charge in [-0.2, -0.15) is 0 Å². The van der Waals surface area contributed by atoms with Gasteiger partial charge in [0.05, 0.1) is 10.0 Å². The van der Waals surface area contributed by atoms with Gasteiger partial charge in [-0.25, -0.2) is 0 Å². The summed E-state index contributed by atoms with van der Waals surface area (Å²) in [6, 6.07) is 6.65. The lowest BCUT2D eigenvalue weighted by molar-refractivity contribution is 0.260. The molecule has 0 aliphatic carbocycles. The van der Waals surface area contributed by atoms with E-state index in [9.17, 15) is 0 Å². The van der Waals surface area contributed by atoms with Crippen LogP contribution in [0.25, 0.3) is 0 Å². The maximum Gasteiger partial charge on any atom is 0.0595 e. The maximum absolute atomic E-state index is 6.11. The molecular weight excluding hydrogens is 253 g/mol. The van der Waals surface area contributed by atoms with Crippen LogP contribution in [0.2, 0.25) is 10.0 Å². The van der Waals surface area contributed by atoms with Crippen LogP contribution in [-0.4, -0.2) is 24.0 Å². The molecule has 0 bridgehead atoms. The quantitative estimate of drug-likeness (QED) is 0.773. The number of halogens is 2. The van der Waals surface area contributed by atoms with Gasteiger partial charge in [-0.3, -0.25) is 0 Å². The minimum absolute atomic E-state index is 0.207. The number of hydrogen-bond acceptors (Lipinski definition) is 1. The zero-order chi connectivity index (χ0) is 12.6. The van der Waals surface area contributed by atoms with Crippen molar-refractivity contribution in [1.29, 1.82) is 0 Å². The Morgan fingerprint density at radius 3 is 2.47 bits per heavy atom. The molecule has 1 aromatic rings. The van der Waals surface area contributed by atoms with Gasteiger partial charge in [0.25, 0.3) is 0 Å². The SMILES string of the molecule is CC(C)N1CC[C@@](C)(c2ccc(Cl)c(Cl)c2)C1. The Hall–Kier alpha value is -0.240. The summed E-state index contributed by atoms with van der Waals surface area (Å²) in [5, 5.41) is 1.30. The molecular formula is C14H19Cl2N. The van der Waals surface area contributed by atoms with Crippen molar-refractivity contribution in [2.75, 3.05) is 13.1 Å². The molecule has 1 saturated heterocycles. The van der Waals surface area contributed by atoms with Gasteiger partial charge in [0.15, 0.2) is 0 Å². The Labute approximate surface area is 114 Å². The van der Waals surface area contributed by atoms with Crippen LogP contribution in [0.5, 0.6) is 0 Å². The summed E-state index contributed by atoms with van der Waals surface area (Å²) in [7, 11) is 0. The maximum atomic E-state index is 6.11. The number of likely N-dealkylation sites (tertiary alicyclic amines) is 1. The molecule has 0 spiro atoms. The third kappa shape index (κ3) is 2.62. The Bertz CT molecular complexity index is 417. The lowest BCUT2D eigenvalue weighted by Gasteiger charge is -2.27. The third-order valence-corrected chi connectivity index (χ3v) is 4.59. The van der Waals surface area contributed by atoms with Gasteiger partial charge in [0, 0.05) is 18.0 Å². The second-order valence-electron chi connectivity index (χ2n) is 5.50. The lowest BCUT2D eigenvalue weighted by Crippen LogP contribution is -2.32. The van der Waals surface area contributed by atoms with Crippen LogP contribution in [0, 0.1) is 0 Å². The van der Waals surface area contributed by atoms with Crippen molar-refractivity contribution in [3.63, 3.8) is 0 Å². The molecule has 0 aromatic heterocycles. The van der Waals surface area contributed by atoms with Gasteiger partial charge in [-0.05, 0) is 44.5 Å². The van der Waals surface area contributed by atoms with Gasteiger partial charge >= 0.3 is 0 Å². The fourth-order valence-electron chi connectivity index (χ4n) is 2.54. The average molecular weight is 272 g/mol. The summed E-state index contributed by atoms with van der Waals surface area (Å²) in [6.45, 7) is 9.08. The van der Waals surface area contributed by atoms with E-state index in [1.165, 1.54) is 12.0 Å². The largest absolute Gasteiger partial charge is 0.300 e. The summed E-state index contributed by atoms with van der Waals surface area (Å²) in [4.78, 5) is 2.52. The molecule has 0 radical (unpaired) electrons. The molecule has 0 N–H and O–H groups in total. The summed E-state index contributed by atoms with van der Waals surface area (Å²) in [5.74, 6) is 0. The van der Waals surface area contributed by atoms with E-state index in [-0.39, 0.29) is 5.41 Å². The molecule has 1 atom stereocenters. The van der Waals surface area contributed by atoms with Crippen molar-refractivity contribution in [2.45, 2.75) is 38.6 Å². The van der Waals surface area contributed by atoms with Crippen LogP contribution in [0.15, 0.2) is 18.2 Å². The van der Waals surface area contributed by atoms with Crippen molar-refractivity contribution in [1.82, 2.24) is 4.90 Å². The van der Waals surface area contributed by atoms with Crippen LogP contribution in [-0.2, 0) is 5.41 Å². The number of hydrogen-bond donors (Lipinski definition) is 0. The van der Waals surface area contributed by atoms with Crippen molar-refractivity contribution in [3.8, 4) is 0 Å². The average Bonchev–Trinajstić information content (AvgIpc) is 2.66. The normalized spacial score (nSPS) is 25.8. The number of nitrogens with zero attached hydrogens (tertiary/aromatic N) is 1. The Kier molecular flexibility index (Phi) is 3.72. The molecule has 1 fully saturated rings. The minimum atomic E-state index is 0.207. The van der Waals surface area contributed by atoms with Crippen LogP contribution in [0.1, 0.15) is 32.8 Å². The van der Waals surface area contributed by atoms with E-state index in [1.54, 1.807) is 0 Å². The molecule has 1 aliphatic heterocycles. The molecule has 3 heteroatoms. The predicted octanol–water partition coefficient (Wildman–Crippen LogP) is 4.37. The van der Waals surface area contributed by atoms with E-state index in [2.05, 4.69) is 31.7 Å². The zero-order valence-electron chi connectivity index (χ0n) is 10.6. The molecule has 2 rings (SSSR count). The zero-order valence-corrected chi connectivity index (χ0v) is 12.1. The van der Waals surface area contributed by atoms with E-state index >= 15 is 0 Å². The molecule has 0 unspecified atom stereocenters. The van der Waals surface area contributed by atoms with Gasteiger partial charge in [0.1, 0.15) is 0 Å². The lowest BCUT2D eigenvalue weighted by atomic mass is 9.82. The highest BCUT2D eigenvalue weighted by Gasteiger charge is 2.36. The highest BCUT2D eigenvalue weighted by Crippen LogP contribution is 2.37.